The van der Waals surface area contributed by atoms with Gasteiger partial charge >= 0.3 is 0 Å². The van der Waals surface area contributed by atoms with Crippen molar-refractivity contribution in [1.82, 2.24) is 5.06 Å². The number of fused-ring (bicyclic) bond motifs is 1. The first-order chi connectivity index (χ1) is 14.9. The van der Waals surface area contributed by atoms with E-state index in [2.05, 4.69) is 0 Å². The van der Waals surface area contributed by atoms with Crippen LogP contribution in [0.15, 0.2) is 66.7 Å². The minimum Gasteiger partial charge on any atom is -0.488 e. The Kier molecular flexibility index (Phi) is 6.13. The van der Waals surface area contributed by atoms with E-state index in [1.165, 1.54) is 0 Å². The molecule has 1 aliphatic rings. The van der Waals surface area contributed by atoms with Crippen LogP contribution in [-0.2, 0) is 4.84 Å². The van der Waals surface area contributed by atoms with Gasteiger partial charge in [-0.1, -0.05) is 35.3 Å². The van der Waals surface area contributed by atoms with Crippen LogP contribution >= 0.6 is 23.2 Å². The summed E-state index contributed by atoms with van der Waals surface area (Å²) in [6, 6.07) is 18.5. The predicted octanol–water partition coefficient (Wildman–Crippen LogP) is 5.78. The zero-order valence-electron chi connectivity index (χ0n) is 16.4. The molecule has 8 heteroatoms. The summed E-state index contributed by atoms with van der Waals surface area (Å²) in [7, 11) is 0. The van der Waals surface area contributed by atoms with Crippen LogP contribution in [0.2, 0.25) is 10.0 Å². The zero-order chi connectivity index (χ0) is 22.0. The van der Waals surface area contributed by atoms with E-state index in [9.17, 15) is 9.59 Å². The minimum atomic E-state index is -0.477. The van der Waals surface area contributed by atoms with Crippen molar-refractivity contribution >= 4 is 35.0 Å². The maximum Gasteiger partial charge on any atom is 0.285 e. The van der Waals surface area contributed by atoms with Crippen LogP contribution in [0.4, 0.5) is 0 Å². The molecule has 158 valence electrons. The SMILES string of the molecule is CC(CON1C(=O)c2ccccc2C1=O)Oc1ccc(Oc2ccc(Cl)cc2Cl)cc1. The number of halogens is 2. The zero-order valence-corrected chi connectivity index (χ0v) is 17.9. The van der Waals surface area contributed by atoms with Crippen LogP contribution in [0.3, 0.4) is 0 Å². The van der Waals surface area contributed by atoms with Crippen LogP contribution in [-0.4, -0.2) is 29.6 Å². The fraction of sp³-hybridized carbons (Fsp3) is 0.130. The van der Waals surface area contributed by atoms with Crippen molar-refractivity contribution in [3.05, 3.63) is 87.9 Å². The van der Waals surface area contributed by atoms with Gasteiger partial charge in [0.1, 0.15) is 30.0 Å². The van der Waals surface area contributed by atoms with Gasteiger partial charge in [-0.2, -0.15) is 0 Å². The summed E-state index contributed by atoms with van der Waals surface area (Å²) < 4.78 is 11.5. The number of amides is 2. The Hall–Kier alpha value is -3.06. The quantitative estimate of drug-likeness (QED) is 0.420. The molecule has 0 bridgehead atoms. The monoisotopic (exact) mass is 457 g/mol. The number of rotatable bonds is 7. The summed E-state index contributed by atoms with van der Waals surface area (Å²) in [6.45, 7) is 1.79. The second-order valence-electron chi connectivity index (χ2n) is 6.82. The van der Waals surface area contributed by atoms with E-state index in [-0.39, 0.29) is 6.61 Å². The minimum absolute atomic E-state index is 0.0180. The van der Waals surface area contributed by atoms with Gasteiger partial charge in [0.05, 0.1) is 16.1 Å². The molecule has 6 nitrogen and oxygen atoms in total. The number of nitrogens with zero attached hydrogens (tertiary/aromatic N) is 1. The summed E-state index contributed by atoms with van der Waals surface area (Å²) in [4.78, 5) is 30.1. The Labute approximate surface area is 188 Å². The summed E-state index contributed by atoms with van der Waals surface area (Å²) >= 11 is 12.0. The highest BCUT2D eigenvalue weighted by Gasteiger charge is 2.36. The number of ether oxygens (including phenoxy) is 2. The number of imide groups is 1. The van der Waals surface area contributed by atoms with Gasteiger partial charge in [0.25, 0.3) is 11.8 Å². The van der Waals surface area contributed by atoms with Gasteiger partial charge < -0.3 is 9.47 Å². The Bertz CT molecular complexity index is 1100. The smallest absolute Gasteiger partial charge is 0.285 e. The van der Waals surface area contributed by atoms with Gasteiger partial charge in [-0.05, 0) is 61.5 Å². The van der Waals surface area contributed by atoms with Crippen LogP contribution < -0.4 is 9.47 Å². The lowest BCUT2D eigenvalue weighted by atomic mass is 10.1. The highest BCUT2D eigenvalue weighted by Crippen LogP contribution is 2.32. The van der Waals surface area contributed by atoms with Gasteiger partial charge in [0.15, 0.2) is 0 Å². The van der Waals surface area contributed by atoms with Crippen molar-refractivity contribution in [2.75, 3.05) is 6.61 Å². The second-order valence-corrected chi connectivity index (χ2v) is 7.67. The molecule has 2 amide bonds. The lowest BCUT2D eigenvalue weighted by Crippen LogP contribution is -2.34. The Morgan fingerprint density at radius 2 is 1.48 bits per heavy atom. The summed E-state index contributed by atoms with van der Waals surface area (Å²) in [6.07, 6.45) is -0.415. The Morgan fingerprint density at radius 1 is 0.871 bits per heavy atom. The molecule has 0 fully saturated rings. The molecule has 1 heterocycles. The Morgan fingerprint density at radius 3 is 2.10 bits per heavy atom. The molecule has 0 saturated carbocycles. The molecule has 4 rings (SSSR count). The maximum absolute atomic E-state index is 12.3. The molecule has 0 aromatic heterocycles. The van der Waals surface area contributed by atoms with Gasteiger partial charge in [0.2, 0.25) is 0 Å². The predicted molar refractivity (Wildman–Crippen MR) is 116 cm³/mol. The fourth-order valence-corrected chi connectivity index (χ4v) is 3.45. The van der Waals surface area contributed by atoms with Gasteiger partial charge in [-0.15, -0.1) is 5.06 Å². The van der Waals surface area contributed by atoms with E-state index in [4.69, 9.17) is 37.5 Å². The lowest BCUT2D eigenvalue weighted by molar-refractivity contribution is -0.109. The van der Waals surface area contributed by atoms with Crippen LogP contribution in [0.25, 0.3) is 0 Å². The van der Waals surface area contributed by atoms with Crippen LogP contribution in [0.1, 0.15) is 27.6 Å². The third kappa shape index (κ3) is 4.66. The summed E-state index contributed by atoms with van der Waals surface area (Å²) in [5.41, 5.74) is 0.662. The average molecular weight is 458 g/mol. The van der Waals surface area contributed by atoms with E-state index >= 15 is 0 Å². The van der Waals surface area contributed by atoms with Crippen molar-refractivity contribution in [2.24, 2.45) is 0 Å². The highest BCUT2D eigenvalue weighted by molar-refractivity contribution is 6.35. The number of carbonyl (C=O) groups excluding carboxylic acids is 2. The lowest BCUT2D eigenvalue weighted by Gasteiger charge is -2.18. The van der Waals surface area contributed by atoms with Gasteiger partial charge in [0, 0.05) is 5.02 Å². The molecule has 0 aliphatic carbocycles. The molecule has 31 heavy (non-hydrogen) atoms. The largest absolute Gasteiger partial charge is 0.488 e. The number of hydrogen-bond donors (Lipinski definition) is 0. The van der Waals surface area contributed by atoms with Crippen molar-refractivity contribution in [3.8, 4) is 17.2 Å². The number of hydroxylamine groups is 2. The van der Waals surface area contributed by atoms with E-state index < -0.39 is 17.9 Å². The molecule has 3 aromatic rings. The number of benzene rings is 3. The highest BCUT2D eigenvalue weighted by atomic mass is 35.5. The average Bonchev–Trinajstić information content (AvgIpc) is 3.00. The first-order valence-corrected chi connectivity index (χ1v) is 10.2. The van der Waals surface area contributed by atoms with Gasteiger partial charge in [-0.25, -0.2) is 0 Å². The molecule has 1 unspecified atom stereocenters. The summed E-state index contributed by atoms with van der Waals surface area (Å²) in [5, 5.41) is 1.71. The van der Waals surface area contributed by atoms with Gasteiger partial charge in [-0.3, -0.25) is 14.4 Å². The standard InChI is InChI=1S/C23H17Cl2NO5/c1-14(13-29-26-22(27)18-4-2-3-5-19(18)23(26)28)30-16-7-9-17(10-8-16)31-21-11-6-15(24)12-20(21)25/h2-12,14H,13H2,1H3. The molecule has 1 atom stereocenters. The number of hydrogen-bond acceptors (Lipinski definition) is 5. The fourth-order valence-electron chi connectivity index (χ4n) is 3.00. The molecular weight excluding hydrogens is 441 g/mol. The first-order valence-electron chi connectivity index (χ1n) is 9.43. The Balaban J connectivity index is 1.31. The molecule has 1 aliphatic heterocycles. The molecule has 0 saturated heterocycles. The number of carbonyl (C=O) groups is 2. The van der Waals surface area contributed by atoms with Crippen LogP contribution in [0.5, 0.6) is 17.2 Å². The van der Waals surface area contributed by atoms with E-state index in [0.29, 0.717) is 38.4 Å². The molecular formula is C23H17Cl2NO5. The molecule has 0 spiro atoms. The first kappa shape index (κ1) is 21.2. The molecule has 3 aromatic carbocycles. The van der Waals surface area contributed by atoms with Crippen molar-refractivity contribution < 1.29 is 23.9 Å². The third-order valence-corrected chi connectivity index (χ3v) is 5.01. The normalized spacial score (nSPS) is 13.8. The van der Waals surface area contributed by atoms with Crippen molar-refractivity contribution in [2.45, 2.75) is 13.0 Å². The van der Waals surface area contributed by atoms with E-state index in [1.54, 1.807) is 73.7 Å². The molecule has 0 N–H and O–H groups in total. The summed E-state index contributed by atoms with van der Waals surface area (Å²) in [5.74, 6) is 0.687. The third-order valence-electron chi connectivity index (χ3n) is 4.48. The van der Waals surface area contributed by atoms with E-state index in [1.807, 2.05) is 0 Å². The maximum atomic E-state index is 12.3. The topological polar surface area (TPSA) is 65.1 Å². The van der Waals surface area contributed by atoms with Crippen molar-refractivity contribution in [3.63, 3.8) is 0 Å². The second kappa shape index (κ2) is 8.98. The van der Waals surface area contributed by atoms with E-state index in [0.717, 1.165) is 5.06 Å². The van der Waals surface area contributed by atoms with Crippen LogP contribution in [0, 0.1) is 0 Å². The van der Waals surface area contributed by atoms with Crippen molar-refractivity contribution in [1.29, 1.82) is 0 Å². The molecule has 0 radical (unpaired) electrons.